The highest BCUT2D eigenvalue weighted by atomic mass is 19.4. The highest BCUT2D eigenvalue weighted by molar-refractivity contribution is 5.93. The summed E-state index contributed by atoms with van der Waals surface area (Å²) >= 11 is 0. The van der Waals surface area contributed by atoms with Gasteiger partial charge in [0.05, 0.1) is 5.56 Å². The molecule has 100 valence electrons. The maximum atomic E-state index is 12.4. The Labute approximate surface area is 107 Å². The predicted octanol–water partition coefficient (Wildman–Crippen LogP) is 4.56. The molecule has 0 aliphatic carbocycles. The fourth-order valence-electron chi connectivity index (χ4n) is 1.64. The van der Waals surface area contributed by atoms with Gasteiger partial charge in [-0.1, -0.05) is 19.1 Å². The van der Waals surface area contributed by atoms with Crippen LogP contribution in [0, 0.1) is 0 Å². The number of hydrogen-bond donors (Lipinski definition) is 0. The Balaban J connectivity index is 2.28. The number of carbonyl (C=O) groups excluding carboxylic acids is 1. The van der Waals surface area contributed by atoms with Crippen LogP contribution in [0.3, 0.4) is 0 Å². The van der Waals surface area contributed by atoms with Gasteiger partial charge in [0.1, 0.15) is 5.76 Å². The van der Waals surface area contributed by atoms with Gasteiger partial charge >= 0.3 is 6.18 Å². The topological polar surface area (TPSA) is 30.2 Å². The third-order valence-corrected chi connectivity index (χ3v) is 2.70. The molecule has 0 aliphatic heterocycles. The van der Waals surface area contributed by atoms with Crippen molar-refractivity contribution < 1.29 is 22.4 Å². The second-order valence-corrected chi connectivity index (χ2v) is 4.02. The van der Waals surface area contributed by atoms with Crippen molar-refractivity contribution in [3.8, 4) is 11.3 Å². The molecule has 5 heteroatoms. The first-order valence-electron chi connectivity index (χ1n) is 5.72. The molecule has 0 radical (unpaired) electrons. The Hall–Kier alpha value is -2.04. The van der Waals surface area contributed by atoms with Gasteiger partial charge < -0.3 is 4.42 Å². The van der Waals surface area contributed by atoms with Crippen molar-refractivity contribution >= 4 is 5.78 Å². The third kappa shape index (κ3) is 2.86. The van der Waals surface area contributed by atoms with E-state index in [-0.39, 0.29) is 11.5 Å². The summed E-state index contributed by atoms with van der Waals surface area (Å²) in [5.74, 6) is 0.459. The van der Waals surface area contributed by atoms with Gasteiger partial charge in [-0.3, -0.25) is 4.79 Å². The van der Waals surface area contributed by atoms with Crippen LogP contribution in [0.5, 0.6) is 0 Å². The summed E-state index contributed by atoms with van der Waals surface area (Å²) in [6, 6.07) is 7.71. The van der Waals surface area contributed by atoms with Crippen LogP contribution >= 0.6 is 0 Å². The van der Waals surface area contributed by atoms with E-state index < -0.39 is 11.7 Å². The SMILES string of the molecule is CCC(=O)c1ccc(-c2ccc(C(F)(F)F)cc2)o1. The fraction of sp³-hybridized carbons (Fsp3) is 0.214. The van der Waals surface area contributed by atoms with Crippen molar-refractivity contribution in [2.45, 2.75) is 19.5 Å². The van der Waals surface area contributed by atoms with Crippen molar-refractivity contribution in [3.63, 3.8) is 0 Å². The number of ketones is 1. The average molecular weight is 268 g/mol. The molecule has 0 unspecified atom stereocenters. The third-order valence-electron chi connectivity index (χ3n) is 2.70. The molecule has 1 aromatic heterocycles. The zero-order chi connectivity index (χ0) is 14.0. The van der Waals surface area contributed by atoms with E-state index in [1.807, 2.05) is 0 Å². The molecule has 0 fully saturated rings. The molecule has 2 aromatic rings. The molecule has 0 amide bonds. The minimum atomic E-state index is -4.36. The van der Waals surface area contributed by atoms with Crippen molar-refractivity contribution in [2.24, 2.45) is 0 Å². The number of hydrogen-bond acceptors (Lipinski definition) is 2. The normalized spacial score (nSPS) is 11.6. The van der Waals surface area contributed by atoms with Crippen molar-refractivity contribution in [1.82, 2.24) is 0 Å². The van der Waals surface area contributed by atoms with E-state index in [0.717, 1.165) is 12.1 Å². The van der Waals surface area contributed by atoms with E-state index in [9.17, 15) is 18.0 Å². The van der Waals surface area contributed by atoms with Gasteiger partial charge in [-0.05, 0) is 24.3 Å². The molecule has 0 atom stereocenters. The molecule has 0 saturated heterocycles. The highest BCUT2D eigenvalue weighted by Crippen LogP contribution is 2.31. The number of benzene rings is 1. The van der Waals surface area contributed by atoms with Crippen LogP contribution in [-0.2, 0) is 6.18 Å². The van der Waals surface area contributed by atoms with E-state index in [2.05, 4.69) is 0 Å². The lowest BCUT2D eigenvalue weighted by atomic mass is 10.1. The Morgan fingerprint density at radius 3 is 2.26 bits per heavy atom. The van der Waals surface area contributed by atoms with Crippen LogP contribution in [0.4, 0.5) is 13.2 Å². The van der Waals surface area contributed by atoms with Crippen LogP contribution in [0.15, 0.2) is 40.8 Å². The number of rotatable bonds is 3. The Bertz CT molecular complexity index is 579. The van der Waals surface area contributed by atoms with E-state index in [1.54, 1.807) is 13.0 Å². The summed E-state index contributed by atoms with van der Waals surface area (Å²) in [7, 11) is 0. The van der Waals surface area contributed by atoms with E-state index in [1.165, 1.54) is 18.2 Å². The summed E-state index contributed by atoms with van der Waals surface area (Å²) in [6.07, 6.45) is -4.04. The van der Waals surface area contributed by atoms with Gasteiger partial charge in [-0.2, -0.15) is 13.2 Å². The van der Waals surface area contributed by atoms with E-state index in [4.69, 9.17) is 4.42 Å². The van der Waals surface area contributed by atoms with E-state index >= 15 is 0 Å². The number of carbonyl (C=O) groups is 1. The molecule has 0 bridgehead atoms. The molecule has 1 aromatic carbocycles. The Morgan fingerprint density at radius 2 is 1.74 bits per heavy atom. The molecule has 0 N–H and O–H groups in total. The minimum absolute atomic E-state index is 0.141. The number of alkyl halides is 3. The van der Waals surface area contributed by atoms with Crippen LogP contribution in [0.1, 0.15) is 29.5 Å². The van der Waals surface area contributed by atoms with Crippen molar-refractivity contribution in [3.05, 3.63) is 47.7 Å². The maximum absolute atomic E-state index is 12.4. The summed E-state index contributed by atoms with van der Waals surface area (Å²) in [6.45, 7) is 1.71. The molecular weight excluding hydrogens is 257 g/mol. The van der Waals surface area contributed by atoms with Gasteiger partial charge in [-0.15, -0.1) is 0 Å². The second-order valence-electron chi connectivity index (χ2n) is 4.02. The lowest BCUT2D eigenvalue weighted by Gasteiger charge is -2.06. The van der Waals surface area contributed by atoms with Gasteiger partial charge in [-0.25, -0.2) is 0 Å². The van der Waals surface area contributed by atoms with Crippen LogP contribution < -0.4 is 0 Å². The zero-order valence-electron chi connectivity index (χ0n) is 10.1. The fourth-order valence-corrected chi connectivity index (χ4v) is 1.64. The molecule has 2 nitrogen and oxygen atoms in total. The molecule has 0 saturated carbocycles. The van der Waals surface area contributed by atoms with E-state index in [0.29, 0.717) is 17.7 Å². The summed E-state index contributed by atoms with van der Waals surface area (Å²) in [5.41, 5.74) is -0.212. The van der Waals surface area contributed by atoms with Crippen molar-refractivity contribution in [1.29, 1.82) is 0 Å². The first-order chi connectivity index (χ1) is 8.91. The Kier molecular flexibility index (Phi) is 3.46. The van der Waals surface area contributed by atoms with Gasteiger partial charge in [0.25, 0.3) is 0 Å². The number of Topliss-reactive ketones (excluding diaryl/α,β-unsaturated/α-hetero) is 1. The van der Waals surface area contributed by atoms with Gasteiger partial charge in [0.15, 0.2) is 11.5 Å². The smallest absolute Gasteiger partial charge is 0.416 e. The maximum Gasteiger partial charge on any atom is 0.416 e. The standard InChI is InChI=1S/C14H11F3O2/c1-2-11(18)13-8-7-12(19-13)9-3-5-10(6-4-9)14(15,16)17/h3-8H,2H2,1H3. The quantitative estimate of drug-likeness (QED) is 0.764. The minimum Gasteiger partial charge on any atom is -0.453 e. The molecule has 1 heterocycles. The summed E-state index contributed by atoms with van der Waals surface area (Å²) in [4.78, 5) is 11.4. The predicted molar refractivity (Wildman–Crippen MR) is 63.8 cm³/mol. The van der Waals surface area contributed by atoms with Gasteiger partial charge in [0.2, 0.25) is 0 Å². The van der Waals surface area contributed by atoms with Crippen LogP contribution in [0.2, 0.25) is 0 Å². The van der Waals surface area contributed by atoms with Crippen LogP contribution in [0.25, 0.3) is 11.3 Å². The van der Waals surface area contributed by atoms with Crippen LogP contribution in [-0.4, -0.2) is 5.78 Å². The zero-order valence-corrected chi connectivity index (χ0v) is 10.1. The monoisotopic (exact) mass is 268 g/mol. The lowest BCUT2D eigenvalue weighted by Crippen LogP contribution is -2.03. The first kappa shape index (κ1) is 13.4. The molecular formula is C14H11F3O2. The summed E-state index contributed by atoms with van der Waals surface area (Å²) < 4.78 is 42.5. The summed E-state index contributed by atoms with van der Waals surface area (Å²) in [5, 5.41) is 0. The lowest BCUT2D eigenvalue weighted by molar-refractivity contribution is -0.137. The average Bonchev–Trinajstić information content (AvgIpc) is 2.86. The molecule has 0 aliphatic rings. The highest BCUT2D eigenvalue weighted by Gasteiger charge is 2.30. The first-order valence-corrected chi connectivity index (χ1v) is 5.72. The number of halogens is 3. The van der Waals surface area contributed by atoms with Gasteiger partial charge in [0, 0.05) is 12.0 Å². The molecule has 2 rings (SSSR count). The second kappa shape index (κ2) is 4.91. The molecule has 0 spiro atoms. The van der Waals surface area contributed by atoms with Crippen molar-refractivity contribution in [2.75, 3.05) is 0 Å². The Morgan fingerprint density at radius 1 is 1.11 bits per heavy atom. The number of furan rings is 1. The largest absolute Gasteiger partial charge is 0.453 e. The molecule has 19 heavy (non-hydrogen) atoms.